The summed E-state index contributed by atoms with van der Waals surface area (Å²) in [6.45, 7) is 7.26. The van der Waals surface area contributed by atoms with E-state index in [-0.39, 0.29) is 6.04 Å². The van der Waals surface area contributed by atoms with Gasteiger partial charge in [-0.25, -0.2) is 0 Å². The van der Waals surface area contributed by atoms with Crippen LogP contribution in [0.4, 0.5) is 0 Å². The van der Waals surface area contributed by atoms with Gasteiger partial charge in [-0.05, 0) is 38.2 Å². The number of hydrogen-bond acceptors (Lipinski definition) is 2. The van der Waals surface area contributed by atoms with E-state index >= 15 is 0 Å². The Bertz CT molecular complexity index is 329. The van der Waals surface area contributed by atoms with Crippen LogP contribution in [0, 0.1) is 19.8 Å². The number of methoxy groups -OCH3 is 1. The number of rotatable bonds is 6. The second-order valence-electron chi connectivity index (χ2n) is 5.12. The lowest BCUT2D eigenvalue weighted by molar-refractivity contribution is 0.174. The maximum absolute atomic E-state index is 6.23. The zero-order chi connectivity index (χ0) is 12.8. The first kappa shape index (κ1) is 14.2. The highest BCUT2D eigenvalue weighted by Crippen LogP contribution is 2.15. The average Bonchev–Trinajstić information content (AvgIpc) is 2.24. The first-order chi connectivity index (χ1) is 8.02. The fourth-order valence-corrected chi connectivity index (χ4v) is 2.18. The molecule has 0 aromatic heterocycles. The standard InChI is InChI=1S/C15H25NO/c1-11-7-12(2)9-14(8-11)10-15(16)13(3)5-6-17-4/h7-9,13,15H,5-6,10,16H2,1-4H3. The first-order valence-electron chi connectivity index (χ1n) is 6.34. The van der Waals surface area contributed by atoms with Crippen LogP contribution in [0.25, 0.3) is 0 Å². The van der Waals surface area contributed by atoms with E-state index in [0.717, 1.165) is 19.4 Å². The highest BCUT2D eigenvalue weighted by molar-refractivity contribution is 5.29. The summed E-state index contributed by atoms with van der Waals surface area (Å²) in [7, 11) is 1.74. The van der Waals surface area contributed by atoms with E-state index in [2.05, 4.69) is 39.0 Å². The van der Waals surface area contributed by atoms with Gasteiger partial charge in [0.25, 0.3) is 0 Å². The van der Waals surface area contributed by atoms with Crippen molar-refractivity contribution in [3.8, 4) is 0 Å². The lowest BCUT2D eigenvalue weighted by Gasteiger charge is -2.20. The number of benzene rings is 1. The van der Waals surface area contributed by atoms with E-state index < -0.39 is 0 Å². The Morgan fingerprint density at radius 2 is 1.76 bits per heavy atom. The molecule has 2 heteroatoms. The number of aryl methyl sites for hydroxylation is 2. The van der Waals surface area contributed by atoms with Gasteiger partial charge in [-0.1, -0.05) is 36.2 Å². The molecule has 0 spiro atoms. The molecule has 2 atom stereocenters. The van der Waals surface area contributed by atoms with Gasteiger partial charge in [0.2, 0.25) is 0 Å². The molecule has 2 nitrogen and oxygen atoms in total. The van der Waals surface area contributed by atoms with Crippen LogP contribution in [-0.4, -0.2) is 19.8 Å². The van der Waals surface area contributed by atoms with Crippen molar-refractivity contribution in [2.24, 2.45) is 11.7 Å². The molecule has 0 aliphatic heterocycles. The van der Waals surface area contributed by atoms with Crippen molar-refractivity contribution < 1.29 is 4.74 Å². The quantitative estimate of drug-likeness (QED) is 0.823. The molecule has 1 rings (SSSR count). The summed E-state index contributed by atoms with van der Waals surface area (Å²) >= 11 is 0. The van der Waals surface area contributed by atoms with Crippen LogP contribution in [0.15, 0.2) is 18.2 Å². The molecule has 0 amide bonds. The molecule has 0 bridgehead atoms. The minimum atomic E-state index is 0.214. The predicted octanol–water partition coefficient (Wildman–Crippen LogP) is 2.85. The molecule has 0 saturated heterocycles. The molecule has 0 saturated carbocycles. The van der Waals surface area contributed by atoms with E-state index in [9.17, 15) is 0 Å². The summed E-state index contributed by atoms with van der Waals surface area (Å²) in [4.78, 5) is 0. The third-order valence-electron chi connectivity index (χ3n) is 3.26. The van der Waals surface area contributed by atoms with Crippen LogP contribution in [0.5, 0.6) is 0 Å². The van der Waals surface area contributed by atoms with E-state index in [1.165, 1.54) is 16.7 Å². The summed E-state index contributed by atoms with van der Waals surface area (Å²) in [6.07, 6.45) is 1.98. The molecule has 0 radical (unpaired) electrons. The molecule has 2 N–H and O–H groups in total. The second kappa shape index (κ2) is 6.77. The lowest BCUT2D eigenvalue weighted by Crippen LogP contribution is -2.31. The maximum atomic E-state index is 6.23. The minimum absolute atomic E-state index is 0.214. The van der Waals surface area contributed by atoms with E-state index in [1.807, 2.05) is 0 Å². The van der Waals surface area contributed by atoms with Crippen LogP contribution in [0.1, 0.15) is 30.0 Å². The molecule has 0 aliphatic carbocycles. The Labute approximate surface area is 105 Å². The largest absolute Gasteiger partial charge is 0.385 e. The Morgan fingerprint density at radius 3 is 2.29 bits per heavy atom. The second-order valence-corrected chi connectivity index (χ2v) is 5.12. The first-order valence-corrected chi connectivity index (χ1v) is 6.34. The third kappa shape index (κ3) is 4.88. The van der Waals surface area contributed by atoms with Crippen LogP contribution in [0.2, 0.25) is 0 Å². The van der Waals surface area contributed by atoms with Crippen molar-refractivity contribution in [3.05, 3.63) is 34.9 Å². The highest BCUT2D eigenvalue weighted by atomic mass is 16.5. The molecule has 0 fully saturated rings. The van der Waals surface area contributed by atoms with E-state index in [1.54, 1.807) is 7.11 Å². The van der Waals surface area contributed by atoms with Crippen molar-refractivity contribution in [1.29, 1.82) is 0 Å². The molecule has 0 heterocycles. The van der Waals surface area contributed by atoms with Crippen LogP contribution in [-0.2, 0) is 11.2 Å². The molecule has 0 aliphatic rings. The summed E-state index contributed by atoms with van der Waals surface area (Å²) < 4.78 is 5.10. The molecule has 17 heavy (non-hydrogen) atoms. The number of hydrogen-bond donors (Lipinski definition) is 1. The van der Waals surface area contributed by atoms with Crippen LogP contribution in [0.3, 0.4) is 0 Å². The lowest BCUT2D eigenvalue weighted by atomic mass is 9.92. The molecule has 2 unspecified atom stereocenters. The SMILES string of the molecule is COCCC(C)C(N)Cc1cc(C)cc(C)c1. The third-order valence-corrected chi connectivity index (χ3v) is 3.26. The fraction of sp³-hybridized carbons (Fsp3) is 0.600. The Hall–Kier alpha value is -0.860. The zero-order valence-corrected chi connectivity index (χ0v) is 11.5. The summed E-state index contributed by atoms with van der Waals surface area (Å²) in [5.41, 5.74) is 10.2. The maximum Gasteiger partial charge on any atom is 0.0465 e. The summed E-state index contributed by atoms with van der Waals surface area (Å²) in [5.74, 6) is 0.496. The highest BCUT2D eigenvalue weighted by Gasteiger charge is 2.13. The number of nitrogens with two attached hydrogens (primary N) is 1. The average molecular weight is 235 g/mol. The zero-order valence-electron chi connectivity index (χ0n) is 11.5. The molecule has 1 aromatic rings. The Morgan fingerprint density at radius 1 is 1.18 bits per heavy atom. The van der Waals surface area contributed by atoms with Gasteiger partial charge in [0.15, 0.2) is 0 Å². The molecule has 96 valence electrons. The molecule has 1 aromatic carbocycles. The van der Waals surface area contributed by atoms with Gasteiger partial charge in [0, 0.05) is 19.8 Å². The molecular weight excluding hydrogens is 210 g/mol. The van der Waals surface area contributed by atoms with Gasteiger partial charge in [-0.15, -0.1) is 0 Å². The summed E-state index contributed by atoms with van der Waals surface area (Å²) in [6, 6.07) is 6.88. The van der Waals surface area contributed by atoms with Crippen LogP contribution >= 0.6 is 0 Å². The normalized spacial score (nSPS) is 14.6. The Kier molecular flexibility index (Phi) is 5.66. The van der Waals surface area contributed by atoms with Gasteiger partial charge >= 0.3 is 0 Å². The van der Waals surface area contributed by atoms with E-state index in [0.29, 0.717) is 5.92 Å². The van der Waals surface area contributed by atoms with Crippen molar-refractivity contribution in [3.63, 3.8) is 0 Å². The van der Waals surface area contributed by atoms with E-state index in [4.69, 9.17) is 10.5 Å². The van der Waals surface area contributed by atoms with Crippen molar-refractivity contribution in [1.82, 2.24) is 0 Å². The van der Waals surface area contributed by atoms with Gasteiger partial charge < -0.3 is 10.5 Å². The summed E-state index contributed by atoms with van der Waals surface area (Å²) in [5, 5.41) is 0. The fourth-order valence-electron chi connectivity index (χ4n) is 2.18. The van der Waals surface area contributed by atoms with Crippen molar-refractivity contribution in [2.45, 2.75) is 39.7 Å². The van der Waals surface area contributed by atoms with Crippen molar-refractivity contribution >= 4 is 0 Å². The van der Waals surface area contributed by atoms with Gasteiger partial charge in [-0.3, -0.25) is 0 Å². The number of ether oxygens (including phenoxy) is 1. The van der Waals surface area contributed by atoms with Crippen LogP contribution < -0.4 is 5.73 Å². The van der Waals surface area contributed by atoms with Gasteiger partial charge in [-0.2, -0.15) is 0 Å². The van der Waals surface area contributed by atoms with Gasteiger partial charge in [0.1, 0.15) is 0 Å². The van der Waals surface area contributed by atoms with Crippen molar-refractivity contribution in [2.75, 3.05) is 13.7 Å². The smallest absolute Gasteiger partial charge is 0.0465 e. The monoisotopic (exact) mass is 235 g/mol. The molecular formula is C15H25NO. The topological polar surface area (TPSA) is 35.2 Å². The predicted molar refractivity (Wildman–Crippen MR) is 73.3 cm³/mol. The Balaban J connectivity index is 2.57. The van der Waals surface area contributed by atoms with Gasteiger partial charge in [0.05, 0.1) is 0 Å². The minimum Gasteiger partial charge on any atom is -0.385 e.